The summed E-state index contributed by atoms with van der Waals surface area (Å²) < 4.78 is 12.9. The van der Waals surface area contributed by atoms with Crippen molar-refractivity contribution in [1.82, 2.24) is 9.88 Å². The Labute approximate surface area is 83.2 Å². The molecule has 0 saturated carbocycles. The third-order valence-corrected chi connectivity index (χ3v) is 2.58. The normalized spacial score (nSPS) is 18.6. The number of hydrogen-bond acceptors (Lipinski definition) is 3. The minimum Gasteiger partial charge on any atom is -0.369 e. The van der Waals surface area contributed by atoms with Crippen molar-refractivity contribution in [2.75, 3.05) is 38.1 Å². The summed E-state index contributed by atoms with van der Waals surface area (Å²) in [6.45, 7) is 3.98. The summed E-state index contributed by atoms with van der Waals surface area (Å²) in [4.78, 5) is 8.00. The number of anilines is 1. The van der Waals surface area contributed by atoms with E-state index in [9.17, 15) is 4.39 Å². The number of halogens is 1. The average Bonchev–Trinajstić information content (AvgIpc) is 2.19. The maximum absolute atomic E-state index is 12.9. The molecule has 2 rings (SSSR count). The zero-order chi connectivity index (χ0) is 9.97. The molecule has 0 radical (unpaired) electrons. The smallest absolute Gasteiger partial charge is 0.214 e. The van der Waals surface area contributed by atoms with Crippen LogP contribution in [0.3, 0.4) is 0 Å². The van der Waals surface area contributed by atoms with Crippen molar-refractivity contribution in [2.45, 2.75) is 0 Å². The molecule has 0 amide bonds. The van der Waals surface area contributed by atoms with Crippen molar-refractivity contribution in [1.29, 1.82) is 0 Å². The van der Waals surface area contributed by atoms with E-state index in [0.29, 0.717) is 0 Å². The third-order valence-electron chi connectivity index (χ3n) is 2.58. The number of aromatic nitrogens is 1. The number of hydrogen-bond donors (Lipinski definition) is 0. The molecule has 1 aromatic rings. The van der Waals surface area contributed by atoms with E-state index in [4.69, 9.17) is 0 Å². The van der Waals surface area contributed by atoms with Crippen LogP contribution >= 0.6 is 0 Å². The fourth-order valence-corrected chi connectivity index (χ4v) is 1.65. The second kappa shape index (κ2) is 3.92. The summed E-state index contributed by atoms with van der Waals surface area (Å²) in [7, 11) is 2.10. The van der Waals surface area contributed by atoms with Crippen LogP contribution < -0.4 is 4.90 Å². The van der Waals surface area contributed by atoms with Crippen LogP contribution in [0, 0.1) is 5.95 Å². The zero-order valence-electron chi connectivity index (χ0n) is 8.28. The molecule has 1 aromatic heterocycles. The van der Waals surface area contributed by atoms with E-state index >= 15 is 0 Å². The number of nitrogens with zero attached hydrogens (tertiary/aromatic N) is 3. The van der Waals surface area contributed by atoms with Gasteiger partial charge in [-0.2, -0.15) is 4.39 Å². The molecule has 0 aliphatic carbocycles. The topological polar surface area (TPSA) is 19.4 Å². The fraction of sp³-hybridized carbons (Fsp3) is 0.500. The van der Waals surface area contributed by atoms with Crippen LogP contribution in [0.15, 0.2) is 18.3 Å². The lowest BCUT2D eigenvalue weighted by molar-refractivity contribution is 0.312. The van der Waals surface area contributed by atoms with Crippen molar-refractivity contribution >= 4 is 5.69 Å². The lowest BCUT2D eigenvalue weighted by Gasteiger charge is -2.33. The molecule has 3 nitrogen and oxygen atoms in total. The van der Waals surface area contributed by atoms with E-state index in [1.165, 1.54) is 12.3 Å². The SMILES string of the molecule is CN1CCN(c2ccnc(F)c2)CC1. The number of piperazine rings is 1. The predicted molar refractivity (Wildman–Crippen MR) is 53.9 cm³/mol. The molecule has 0 N–H and O–H groups in total. The van der Waals surface area contributed by atoms with Gasteiger partial charge in [-0.3, -0.25) is 0 Å². The van der Waals surface area contributed by atoms with E-state index in [-0.39, 0.29) is 0 Å². The second-order valence-electron chi connectivity index (χ2n) is 3.63. The highest BCUT2D eigenvalue weighted by atomic mass is 19.1. The van der Waals surface area contributed by atoms with Gasteiger partial charge >= 0.3 is 0 Å². The van der Waals surface area contributed by atoms with E-state index in [1.54, 1.807) is 0 Å². The van der Waals surface area contributed by atoms with Crippen molar-refractivity contribution in [3.63, 3.8) is 0 Å². The van der Waals surface area contributed by atoms with Gasteiger partial charge in [-0.25, -0.2) is 4.98 Å². The molecular formula is C10H14FN3. The molecule has 0 atom stereocenters. The van der Waals surface area contributed by atoms with E-state index in [2.05, 4.69) is 21.8 Å². The Morgan fingerprint density at radius 1 is 1.29 bits per heavy atom. The third kappa shape index (κ3) is 2.01. The standard InChI is InChI=1S/C10H14FN3/c1-13-4-6-14(7-5-13)9-2-3-12-10(11)8-9/h2-3,8H,4-7H2,1H3. The first-order chi connectivity index (χ1) is 6.75. The molecule has 0 bridgehead atoms. The highest BCUT2D eigenvalue weighted by Gasteiger charge is 2.14. The molecule has 1 saturated heterocycles. The Morgan fingerprint density at radius 2 is 2.00 bits per heavy atom. The van der Waals surface area contributed by atoms with Gasteiger partial charge in [0.2, 0.25) is 5.95 Å². The molecule has 4 heteroatoms. The van der Waals surface area contributed by atoms with Gasteiger partial charge in [-0.15, -0.1) is 0 Å². The molecule has 1 fully saturated rings. The van der Waals surface area contributed by atoms with Gasteiger partial charge in [0.1, 0.15) is 0 Å². The summed E-state index contributed by atoms with van der Waals surface area (Å²) in [6, 6.07) is 3.35. The van der Waals surface area contributed by atoms with Gasteiger partial charge in [0.05, 0.1) is 0 Å². The summed E-state index contributed by atoms with van der Waals surface area (Å²) in [5.74, 6) is -0.401. The lowest BCUT2D eigenvalue weighted by Crippen LogP contribution is -2.44. The van der Waals surface area contributed by atoms with E-state index < -0.39 is 5.95 Å². The van der Waals surface area contributed by atoms with Gasteiger partial charge in [-0.05, 0) is 13.1 Å². The van der Waals surface area contributed by atoms with Crippen LogP contribution in [0.2, 0.25) is 0 Å². The molecule has 0 aromatic carbocycles. The quantitative estimate of drug-likeness (QED) is 0.622. The Kier molecular flexibility index (Phi) is 2.63. The van der Waals surface area contributed by atoms with Crippen LogP contribution in [-0.2, 0) is 0 Å². The van der Waals surface area contributed by atoms with Gasteiger partial charge < -0.3 is 9.80 Å². The highest BCUT2D eigenvalue weighted by molar-refractivity contribution is 5.45. The number of likely N-dealkylation sites (N-methyl/N-ethyl adjacent to an activating group) is 1. The minimum atomic E-state index is -0.401. The van der Waals surface area contributed by atoms with Gasteiger partial charge in [0.15, 0.2) is 0 Å². The molecule has 0 spiro atoms. The molecule has 2 heterocycles. The molecular weight excluding hydrogens is 181 g/mol. The van der Waals surface area contributed by atoms with Crippen LogP contribution in [0.4, 0.5) is 10.1 Å². The Balaban J connectivity index is 2.08. The largest absolute Gasteiger partial charge is 0.369 e. The first kappa shape index (κ1) is 9.40. The first-order valence-corrected chi connectivity index (χ1v) is 4.81. The molecule has 76 valence electrons. The van der Waals surface area contributed by atoms with Crippen molar-refractivity contribution < 1.29 is 4.39 Å². The maximum atomic E-state index is 12.9. The van der Waals surface area contributed by atoms with E-state index in [1.807, 2.05) is 6.07 Å². The summed E-state index contributed by atoms with van der Waals surface area (Å²) in [5.41, 5.74) is 0.936. The second-order valence-corrected chi connectivity index (χ2v) is 3.63. The van der Waals surface area contributed by atoms with Crippen LogP contribution in [0.5, 0.6) is 0 Å². The first-order valence-electron chi connectivity index (χ1n) is 4.81. The average molecular weight is 195 g/mol. The minimum absolute atomic E-state index is 0.401. The van der Waals surface area contributed by atoms with Crippen molar-refractivity contribution in [2.24, 2.45) is 0 Å². The molecule has 1 aliphatic rings. The van der Waals surface area contributed by atoms with Crippen molar-refractivity contribution in [3.05, 3.63) is 24.3 Å². The van der Waals surface area contributed by atoms with Gasteiger partial charge in [0, 0.05) is 44.1 Å². The van der Waals surface area contributed by atoms with Crippen molar-refractivity contribution in [3.8, 4) is 0 Å². The number of rotatable bonds is 1. The van der Waals surface area contributed by atoms with E-state index in [0.717, 1.165) is 31.9 Å². The van der Waals surface area contributed by atoms with Crippen LogP contribution in [0.1, 0.15) is 0 Å². The molecule has 0 unspecified atom stereocenters. The summed E-state index contributed by atoms with van der Waals surface area (Å²) >= 11 is 0. The Morgan fingerprint density at radius 3 is 2.64 bits per heavy atom. The fourth-order valence-electron chi connectivity index (χ4n) is 1.65. The highest BCUT2D eigenvalue weighted by Crippen LogP contribution is 2.15. The predicted octanol–water partition coefficient (Wildman–Crippen LogP) is 0.972. The van der Waals surface area contributed by atoms with Gasteiger partial charge in [0.25, 0.3) is 0 Å². The van der Waals surface area contributed by atoms with Crippen LogP contribution in [-0.4, -0.2) is 43.1 Å². The monoisotopic (exact) mass is 195 g/mol. The van der Waals surface area contributed by atoms with Gasteiger partial charge in [-0.1, -0.05) is 0 Å². The lowest BCUT2D eigenvalue weighted by atomic mass is 10.3. The van der Waals surface area contributed by atoms with Crippen LogP contribution in [0.25, 0.3) is 0 Å². The summed E-state index contributed by atoms with van der Waals surface area (Å²) in [5, 5.41) is 0. The Hall–Kier alpha value is -1.16. The zero-order valence-corrected chi connectivity index (χ0v) is 8.28. The molecule has 14 heavy (non-hydrogen) atoms. The summed E-state index contributed by atoms with van der Waals surface area (Å²) in [6.07, 6.45) is 1.52. The molecule has 1 aliphatic heterocycles. The number of pyridine rings is 1. The Bertz CT molecular complexity index is 308. The maximum Gasteiger partial charge on any atom is 0.214 e.